The molecule has 0 atom stereocenters. The molecule has 1 aliphatic heterocycles. The fourth-order valence-electron chi connectivity index (χ4n) is 3.81. The highest BCUT2D eigenvalue weighted by molar-refractivity contribution is 14.1. The van der Waals surface area contributed by atoms with Crippen molar-refractivity contribution in [3.63, 3.8) is 0 Å². The number of thioether (sulfide) groups is 1. The maximum absolute atomic E-state index is 13.0. The molecule has 0 saturated carbocycles. The summed E-state index contributed by atoms with van der Waals surface area (Å²) in [5, 5.41) is 2.85. The Bertz CT molecular complexity index is 1440. The van der Waals surface area contributed by atoms with Crippen LogP contribution in [-0.4, -0.2) is 35.6 Å². The van der Waals surface area contributed by atoms with Gasteiger partial charge in [-0.15, -0.1) is 0 Å². The second-order valence-electron chi connectivity index (χ2n) is 9.01. The molecule has 1 heterocycles. The third-order valence-corrected chi connectivity index (χ3v) is 7.99. The quantitative estimate of drug-likeness (QED) is 0.189. The first kappa shape index (κ1) is 29.0. The first-order valence-corrected chi connectivity index (χ1v) is 14.3. The predicted molar refractivity (Wildman–Crippen MR) is 163 cm³/mol. The molecule has 3 amide bonds. The van der Waals surface area contributed by atoms with Gasteiger partial charge in [0.25, 0.3) is 11.1 Å². The molecule has 4 rings (SSSR count). The largest absolute Gasteiger partial charge is 0.493 e. The minimum Gasteiger partial charge on any atom is -0.493 e. The van der Waals surface area contributed by atoms with E-state index in [4.69, 9.17) is 21.1 Å². The number of rotatable bonds is 9. The van der Waals surface area contributed by atoms with Crippen molar-refractivity contribution in [2.45, 2.75) is 26.4 Å². The summed E-state index contributed by atoms with van der Waals surface area (Å²) in [4.78, 5) is 39.3. The number of carbonyl (C=O) groups is 3. The Morgan fingerprint density at radius 1 is 1.13 bits per heavy atom. The number of nitrogens with one attached hydrogen (secondary N) is 1. The van der Waals surface area contributed by atoms with E-state index in [9.17, 15) is 14.4 Å². The Morgan fingerprint density at radius 2 is 1.85 bits per heavy atom. The molecule has 1 saturated heterocycles. The van der Waals surface area contributed by atoms with Crippen molar-refractivity contribution in [3.8, 4) is 11.5 Å². The smallest absolute Gasteiger partial charge is 0.294 e. The van der Waals surface area contributed by atoms with E-state index in [0.717, 1.165) is 31.4 Å². The van der Waals surface area contributed by atoms with Crippen molar-refractivity contribution in [3.05, 3.63) is 90.9 Å². The Balaban J connectivity index is 1.45. The number of halogens is 2. The van der Waals surface area contributed by atoms with Crippen LogP contribution in [0.3, 0.4) is 0 Å². The molecule has 1 N–H and O–H groups in total. The summed E-state index contributed by atoms with van der Waals surface area (Å²) in [5.74, 6) is 0.413. The molecule has 1 aliphatic rings. The van der Waals surface area contributed by atoms with E-state index >= 15 is 0 Å². The summed E-state index contributed by atoms with van der Waals surface area (Å²) in [5.41, 5.74) is 3.24. The number of nitrogens with zero attached hydrogens (tertiary/aromatic N) is 1. The standard InChI is InChI=1S/C29H26ClIN2O5S/c1-17(2)19-8-10-21(11-9-19)32-26(34)15-33-28(35)25(39-29(33)36)14-18-12-23(31)27(24(13-18)37-3)38-16-20-6-4-5-7-22(20)30/h4-14,17H,15-16H2,1-3H3,(H,32,34)/b25-14+. The topological polar surface area (TPSA) is 84.9 Å². The normalized spacial score (nSPS) is 14.3. The molecule has 0 spiro atoms. The van der Waals surface area contributed by atoms with E-state index in [1.165, 1.54) is 7.11 Å². The zero-order valence-electron chi connectivity index (χ0n) is 21.5. The fraction of sp³-hybridized carbons (Fsp3) is 0.207. The minimum absolute atomic E-state index is 0.219. The number of ether oxygens (including phenoxy) is 2. The Hall–Kier alpha value is -3.02. The first-order chi connectivity index (χ1) is 18.7. The molecule has 0 radical (unpaired) electrons. The van der Waals surface area contributed by atoms with Gasteiger partial charge in [-0.3, -0.25) is 19.3 Å². The summed E-state index contributed by atoms with van der Waals surface area (Å²) < 4.78 is 12.3. The van der Waals surface area contributed by atoms with E-state index in [0.29, 0.717) is 33.7 Å². The number of hydrogen-bond acceptors (Lipinski definition) is 6. The average Bonchev–Trinajstić information content (AvgIpc) is 3.16. The molecular weight excluding hydrogens is 651 g/mol. The molecule has 0 aromatic heterocycles. The van der Waals surface area contributed by atoms with Crippen molar-refractivity contribution in [2.75, 3.05) is 19.0 Å². The number of imide groups is 1. The first-order valence-electron chi connectivity index (χ1n) is 12.0. The van der Waals surface area contributed by atoms with Crippen LogP contribution in [0.25, 0.3) is 6.08 Å². The molecular formula is C29H26ClIN2O5S. The number of benzene rings is 3. The number of anilines is 1. The van der Waals surface area contributed by atoms with Crippen molar-refractivity contribution in [1.82, 2.24) is 4.90 Å². The van der Waals surface area contributed by atoms with Crippen molar-refractivity contribution in [2.24, 2.45) is 0 Å². The fourth-order valence-corrected chi connectivity index (χ4v) is 5.62. The second-order valence-corrected chi connectivity index (χ2v) is 11.6. The van der Waals surface area contributed by atoms with Crippen LogP contribution >= 0.6 is 46.0 Å². The van der Waals surface area contributed by atoms with Gasteiger partial charge in [0.15, 0.2) is 11.5 Å². The highest BCUT2D eigenvalue weighted by Gasteiger charge is 2.36. The molecule has 3 aromatic rings. The lowest BCUT2D eigenvalue weighted by Gasteiger charge is -2.14. The highest BCUT2D eigenvalue weighted by atomic mass is 127. The molecule has 10 heteroatoms. The lowest BCUT2D eigenvalue weighted by atomic mass is 10.0. The van der Waals surface area contributed by atoms with Gasteiger partial charge in [0.2, 0.25) is 5.91 Å². The molecule has 0 aliphatic carbocycles. The van der Waals surface area contributed by atoms with Crippen LogP contribution in [0.4, 0.5) is 10.5 Å². The molecule has 202 valence electrons. The van der Waals surface area contributed by atoms with Crippen LogP contribution < -0.4 is 14.8 Å². The number of methoxy groups -OCH3 is 1. The maximum Gasteiger partial charge on any atom is 0.294 e. The van der Waals surface area contributed by atoms with Crippen LogP contribution in [0.1, 0.15) is 36.5 Å². The maximum atomic E-state index is 13.0. The zero-order chi connectivity index (χ0) is 28.1. The van der Waals surface area contributed by atoms with Gasteiger partial charge in [-0.25, -0.2) is 0 Å². The van der Waals surface area contributed by atoms with E-state index in [1.807, 2.05) is 36.4 Å². The van der Waals surface area contributed by atoms with Crippen LogP contribution in [0.15, 0.2) is 65.6 Å². The van der Waals surface area contributed by atoms with Gasteiger partial charge in [-0.2, -0.15) is 0 Å². The predicted octanol–water partition coefficient (Wildman–Crippen LogP) is 7.33. The zero-order valence-corrected chi connectivity index (χ0v) is 25.2. The number of hydrogen-bond donors (Lipinski definition) is 1. The van der Waals surface area contributed by atoms with Gasteiger partial charge in [0.05, 0.1) is 15.6 Å². The SMILES string of the molecule is COc1cc(/C=C2/SC(=O)N(CC(=O)Nc3ccc(C(C)C)cc3)C2=O)cc(I)c1OCc1ccccc1Cl. The Labute approximate surface area is 250 Å². The number of amides is 3. The third kappa shape index (κ3) is 7.14. The van der Waals surface area contributed by atoms with Crippen molar-refractivity contribution >= 4 is 74.8 Å². The molecule has 3 aromatic carbocycles. The van der Waals surface area contributed by atoms with Crippen molar-refractivity contribution < 1.29 is 23.9 Å². The lowest BCUT2D eigenvalue weighted by molar-refractivity contribution is -0.127. The van der Waals surface area contributed by atoms with E-state index in [2.05, 4.69) is 41.8 Å². The van der Waals surface area contributed by atoms with Gasteiger partial charge in [0, 0.05) is 16.3 Å². The second kappa shape index (κ2) is 12.9. The van der Waals surface area contributed by atoms with E-state index < -0.39 is 17.1 Å². The van der Waals surface area contributed by atoms with Gasteiger partial charge < -0.3 is 14.8 Å². The highest BCUT2D eigenvalue weighted by Crippen LogP contribution is 2.38. The van der Waals surface area contributed by atoms with Crippen LogP contribution in [-0.2, 0) is 16.2 Å². The van der Waals surface area contributed by atoms with Gasteiger partial charge in [0.1, 0.15) is 13.2 Å². The molecule has 7 nitrogen and oxygen atoms in total. The molecule has 1 fully saturated rings. The van der Waals surface area contributed by atoms with Crippen LogP contribution in [0, 0.1) is 3.57 Å². The summed E-state index contributed by atoms with van der Waals surface area (Å²) in [7, 11) is 1.53. The lowest BCUT2D eigenvalue weighted by Crippen LogP contribution is -2.36. The molecule has 0 bridgehead atoms. The van der Waals surface area contributed by atoms with Gasteiger partial charge in [-0.05, 0) is 87.8 Å². The van der Waals surface area contributed by atoms with Crippen LogP contribution in [0.2, 0.25) is 5.02 Å². The monoisotopic (exact) mass is 676 g/mol. The minimum atomic E-state index is -0.525. The van der Waals surface area contributed by atoms with Gasteiger partial charge in [-0.1, -0.05) is 55.8 Å². The summed E-state index contributed by atoms with van der Waals surface area (Å²) in [6.07, 6.45) is 1.61. The third-order valence-electron chi connectivity index (χ3n) is 5.92. The van der Waals surface area contributed by atoms with Crippen LogP contribution in [0.5, 0.6) is 11.5 Å². The summed E-state index contributed by atoms with van der Waals surface area (Å²) >= 11 is 9.16. The van der Waals surface area contributed by atoms with Gasteiger partial charge >= 0.3 is 0 Å². The Morgan fingerprint density at radius 3 is 2.51 bits per heavy atom. The van der Waals surface area contributed by atoms with E-state index in [1.54, 1.807) is 30.3 Å². The molecule has 39 heavy (non-hydrogen) atoms. The summed E-state index contributed by atoms with van der Waals surface area (Å²) in [6, 6.07) is 18.5. The Kier molecular flexibility index (Phi) is 9.58. The van der Waals surface area contributed by atoms with Crippen molar-refractivity contribution in [1.29, 1.82) is 0 Å². The number of carbonyl (C=O) groups excluding carboxylic acids is 3. The summed E-state index contributed by atoms with van der Waals surface area (Å²) in [6.45, 7) is 4.06. The van der Waals surface area contributed by atoms with E-state index in [-0.39, 0.29) is 18.1 Å². The molecule has 0 unspecified atom stereocenters. The average molecular weight is 677 g/mol.